The van der Waals surface area contributed by atoms with E-state index in [-0.39, 0.29) is 18.0 Å². The van der Waals surface area contributed by atoms with Crippen LogP contribution in [0.2, 0.25) is 0 Å². The van der Waals surface area contributed by atoms with E-state index in [1.165, 1.54) is 0 Å². The Morgan fingerprint density at radius 3 is 2.62 bits per heavy atom. The molecule has 104 valence electrons. The van der Waals surface area contributed by atoms with E-state index in [2.05, 4.69) is 21.1 Å². The maximum Gasteiger partial charge on any atom is 0.243 e. The number of hydrogen-bond acceptors (Lipinski definition) is 7. The minimum Gasteiger partial charge on any atom is -0.386 e. The van der Waals surface area contributed by atoms with Crippen LogP contribution in [0.5, 0.6) is 0 Å². The lowest BCUT2D eigenvalue weighted by Crippen LogP contribution is -2.36. The van der Waals surface area contributed by atoms with Gasteiger partial charge in [-0.1, -0.05) is 12.1 Å². The van der Waals surface area contributed by atoms with Gasteiger partial charge in [-0.15, -0.1) is 0 Å². The molecular weight excluding hydrogens is 272 g/mol. The predicted octanol–water partition coefficient (Wildman–Crippen LogP) is 0.0866. The fourth-order valence-electron chi connectivity index (χ4n) is 1.68. The molecule has 0 fully saturated rings. The molecular formula is C13H10N6O2. The van der Waals surface area contributed by atoms with E-state index in [9.17, 15) is 9.90 Å². The Morgan fingerprint density at radius 2 is 2.05 bits per heavy atom. The second kappa shape index (κ2) is 6.28. The van der Waals surface area contributed by atoms with E-state index >= 15 is 0 Å². The minimum absolute atomic E-state index is 0.0309. The van der Waals surface area contributed by atoms with Crippen molar-refractivity contribution in [2.24, 2.45) is 10.2 Å². The first-order chi connectivity index (χ1) is 10.1. The van der Waals surface area contributed by atoms with Gasteiger partial charge < -0.3 is 5.11 Å². The molecule has 0 aromatic heterocycles. The SMILES string of the molecule is N#CC(C#N)=NNc1ccc(C2=NNC(=O)CC2O)cc1. The van der Waals surface area contributed by atoms with Gasteiger partial charge in [0, 0.05) is 5.56 Å². The molecule has 0 saturated carbocycles. The molecule has 0 saturated heterocycles. The first-order valence-corrected chi connectivity index (χ1v) is 5.93. The third kappa shape index (κ3) is 3.41. The van der Waals surface area contributed by atoms with E-state index in [0.717, 1.165) is 0 Å². The molecule has 1 unspecified atom stereocenters. The van der Waals surface area contributed by atoms with Crippen LogP contribution in [0.1, 0.15) is 12.0 Å². The fourth-order valence-corrected chi connectivity index (χ4v) is 1.68. The summed E-state index contributed by atoms with van der Waals surface area (Å²) in [5, 5.41) is 34.3. The molecule has 2 rings (SSSR count). The van der Waals surface area contributed by atoms with Crippen molar-refractivity contribution in [3.63, 3.8) is 0 Å². The molecule has 8 nitrogen and oxygen atoms in total. The zero-order chi connectivity index (χ0) is 15.2. The van der Waals surface area contributed by atoms with E-state index in [1.807, 2.05) is 0 Å². The van der Waals surface area contributed by atoms with E-state index in [0.29, 0.717) is 17.0 Å². The average molecular weight is 282 g/mol. The topological polar surface area (TPSA) is 134 Å². The Morgan fingerprint density at radius 1 is 1.38 bits per heavy atom. The van der Waals surface area contributed by atoms with Crippen LogP contribution in [0.3, 0.4) is 0 Å². The zero-order valence-electron chi connectivity index (χ0n) is 10.7. The molecule has 0 spiro atoms. The number of carbonyl (C=O) groups is 1. The van der Waals surface area contributed by atoms with Crippen LogP contribution < -0.4 is 10.9 Å². The maximum atomic E-state index is 11.1. The van der Waals surface area contributed by atoms with Crippen molar-refractivity contribution in [3.05, 3.63) is 29.8 Å². The number of aliphatic hydroxyl groups is 1. The summed E-state index contributed by atoms with van der Waals surface area (Å²) < 4.78 is 0. The number of amides is 1. The average Bonchev–Trinajstić information content (AvgIpc) is 2.49. The predicted molar refractivity (Wildman–Crippen MR) is 74.0 cm³/mol. The number of benzene rings is 1. The molecule has 1 amide bonds. The molecule has 1 heterocycles. The third-order valence-electron chi connectivity index (χ3n) is 2.68. The quantitative estimate of drug-likeness (QED) is 0.533. The van der Waals surface area contributed by atoms with Crippen LogP contribution in [-0.2, 0) is 4.79 Å². The molecule has 3 N–H and O–H groups in total. The number of rotatable bonds is 3. The van der Waals surface area contributed by atoms with Crippen molar-refractivity contribution in [2.45, 2.75) is 12.5 Å². The molecule has 0 radical (unpaired) electrons. The lowest BCUT2D eigenvalue weighted by Gasteiger charge is -2.18. The molecule has 1 aliphatic rings. The summed E-state index contributed by atoms with van der Waals surface area (Å²) in [6, 6.07) is 9.91. The first kappa shape index (κ1) is 14.2. The van der Waals surface area contributed by atoms with Crippen LogP contribution in [-0.4, -0.2) is 28.5 Å². The number of nitrogens with zero attached hydrogens (tertiary/aromatic N) is 4. The number of anilines is 1. The van der Waals surface area contributed by atoms with Crippen molar-refractivity contribution in [3.8, 4) is 12.1 Å². The Kier molecular flexibility index (Phi) is 4.24. The summed E-state index contributed by atoms with van der Waals surface area (Å²) in [5.41, 5.74) is 6.18. The second-order valence-electron chi connectivity index (χ2n) is 4.13. The maximum absolute atomic E-state index is 11.1. The molecule has 8 heteroatoms. The summed E-state index contributed by atoms with van der Waals surface area (Å²) >= 11 is 0. The number of aliphatic hydroxyl groups excluding tert-OH is 1. The molecule has 0 aliphatic carbocycles. The Bertz CT molecular complexity index is 677. The lowest BCUT2D eigenvalue weighted by molar-refractivity contribution is -0.122. The lowest BCUT2D eigenvalue weighted by atomic mass is 10.0. The highest BCUT2D eigenvalue weighted by molar-refractivity contribution is 6.10. The van der Waals surface area contributed by atoms with E-state index < -0.39 is 6.10 Å². The third-order valence-corrected chi connectivity index (χ3v) is 2.68. The van der Waals surface area contributed by atoms with Gasteiger partial charge in [-0.05, 0) is 12.1 Å². The highest BCUT2D eigenvalue weighted by Crippen LogP contribution is 2.14. The van der Waals surface area contributed by atoms with Crippen molar-refractivity contribution < 1.29 is 9.90 Å². The van der Waals surface area contributed by atoms with Gasteiger partial charge in [0.15, 0.2) is 0 Å². The zero-order valence-corrected chi connectivity index (χ0v) is 10.7. The summed E-state index contributed by atoms with van der Waals surface area (Å²) in [6.45, 7) is 0. The molecule has 1 aromatic carbocycles. The van der Waals surface area contributed by atoms with E-state index in [1.54, 1.807) is 36.4 Å². The van der Waals surface area contributed by atoms with Crippen molar-refractivity contribution >= 4 is 23.0 Å². The van der Waals surface area contributed by atoms with Gasteiger partial charge in [0.05, 0.1) is 17.8 Å². The van der Waals surface area contributed by atoms with Crippen molar-refractivity contribution in [1.29, 1.82) is 10.5 Å². The van der Waals surface area contributed by atoms with Gasteiger partial charge in [-0.25, -0.2) is 5.43 Å². The van der Waals surface area contributed by atoms with Crippen LogP contribution in [0, 0.1) is 22.7 Å². The highest BCUT2D eigenvalue weighted by Gasteiger charge is 2.23. The second-order valence-corrected chi connectivity index (χ2v) is 4.13. The number of carbonyl (C=O) groups excluding carboxylic acids is 1. The van der Waals surface area contributed by atoms with Gasteiger partial charge in [-0.2, -0.15) is 20.7 Å². The summed E-state index contributed by atoms with van der Waals surface area (Å²) in [7, 11) is 0. The van der Waals surface area contributed by atoms with Gasteiger partial charge in [0.2, 0.25) is 11.6 Å². The molecule has 1 atom stereocenters. The largest absolute Gasteiger partial charge is 0.386 e. The van der Waals surface area contributed by atoms with Gasteiger partial charge in [-0.3, -0.25) is 10.2 Å². The number of hydrazone groups is 2. The van der Waals surface area contributed by atoms with Crippen molar-refractivity contribution in [2.75, 3.05) is 5.43 Å². The molecule has 21 heavy (non-hydrogen) atoms. The van der Waals surface area contributed by atoms with Crippen LogP contribution in [0.15, 0.2) is 34.5 Å². The monoisotopic (exact) mass is 282 g/mol. The fraction of sp³-hybridized carbons (Fsp3) is 0.154. The first-order valence-electron chi connectivity index (χ1n) is 5.93. The normalized spacial score (nSPS) is 16.8. The summed E-state index contributed by atoms with van der Waals surface area (Å²) in [5.74, 6) is -0.334. The van der Waals surface area contributed by atoms with Crippen LogP contribution in [0.4, 0.5) is 5.69 Å². The number of hydrogen-bond donors (Lipinski definition) is 3. The highest BCUT2D eigenvalue weighted by atomic mass is 16.3. The number of nitrogens with one attached hydrogen (secondary N) is 2. The summed E-state index contributed by atoms with van der Waals surface area (Å²) in [4.78, 5) is 11.1. The van der Waals surface area contributed by atoms with Crippen molar-refractivity contribution in [1.82, 2.24) is 5.43 Å². The van der Waals surface area contributed by atoms with Gasteiger partial charge in [0.1, 0.15) is 18.2 Å². The Labute approximate surface area is 120 Å². The van der Waals surface area contributed by atoms with E-state index in [4.69, 9.17) is 10.5 Å². The smallest absolute Gasteiger partial charge is 0.243 e. The summed E-state index contributed by atoms with van der Waals surface area (Å²) in [6.07, 6.45) is -0.976. The molecule has 1 aromatic rings. The van der Waals surface area contributed by atoms with Crippen LogP contribution >= 0.6 is 0 Å². The van der Waals surface area contributed by atoms with Crippen LogP contribution in [0.25, 0.3) is 0 Å². The number of nitriles is 2. The Hall–Kier alpha value is -3.23. The molecule has 1 aliphatic heterocycles. The molecule has 0 bridgehead atoms. The standard InChI is InChI=1S/C13H10N6O2/c14-6-10(7-15)17-16-9-3-1-8(2-4-9)13-11(20)5-12(21)18-19-13/h1-4,11,16,20H,5H2,(H,18,21). The Balaban J connectivity index is 2.13. The minimum atomic E-state index is -0.945. The van der Waals surface area contributed by atoms with Gasteiger partial charge in [0.25, 0.3) is 0 Å². The van der Waals surface area contributed by atoms with Gasteiger partial charge >= 0.3 is 0 Å².